The average molecular weight is 314 g/mol. The van der Waals surface area contributed by atoms with E-state index in [0.717, 1.165) is 0 Å². The molecule has 0 aromatic carbocycles. The number of carbonyl (C=O) groups is 1. The van der Waals surface area contributed by atoms with E-state index < -0.39 is 11.6 Å². The van der Waals surface area contributed by atoms with Crippen molar-refractivity contribution in [1.82, 2.24) is 5.32 Å². The van der Waals surface area contributed by atoms with Gasteiger partial charge in [-0.05, 0) is 33.1 Å². The first-order valence-electron chi connectivity index (χ1n) is 7.33. The molecule has 2 unspecified atom stereocenters. The summed E-state index contributed by atoms with van der Waals surface area (Å²) in [7, 11) is 0. The third-order valence-corrected chi connectivity index (χ3v) is 4.40. The van der Waals surface area contributed by atoms with Gasteiger partial charge in [0.2, 0.25) is 0 Å². The Balaban J connectivity index is 2.05. The topological polar surface area (TPSA) is 55.1 Å². The molecule has 3 atom stereocenters. The molecule has 0 fully saturated rings. The number of hydrogen-bond acceptors (Lipinski definition) is 2. The molecule has 0 saturated heterocycles. The van der Waals surface area contributed by atoms with E-state index in [2.05, 4.69) is 5.32 Å². The van der Waals surface area contributed by atoms with Crippen LogP contribution in [0.2, 0.25) is 0 Å². The lowest BCUT2D eigenvalue weighted by Crippen LogP contribution is -2.44. The highest BCUT2D eigenvalue weighted by molar-refractivity contribution is 5.96. The number of nitrogens with two attached hydrogens (primary N) is 1. The second kappa shape index (κ2) is 5.91. The number of amides is 1. The Bertz CT molecular complexity index is 548. The molecule has 22 heavy (non-hydrogen) atoms. The predicted molar refractivity (Wildman–Crippen MR) is 78.9 cm³/mol. The summed E-state index contributed by atoms with van der Waals surface area (Å²) in [6.45, 7) is 2.83. The van der Waals surface area contributed by atoms with E-state index in [1.165, 1.54) is 13.0 Å². The molecule has 0 aliphatic heterocycles. The zero-order valence-corrected chi connectivity index (χ0v) is 12.7. The van der Waals surface area contributed by atoms with Gasteiger partial charge in [0.1, 0.15) is 0 Å². The quantitative estimate of drug-likeness (QED) is 0.770. The van der Waals surface area contributed by atoms with E-state index in [1.807, 2.05) is 0 Å². The van der Waals surface area contributed by atoms with Crippen LogP contribution in [-0.2, 0) is 4.79 Å². The van der Waals surface area contributed by atoms with E-state index in [0.29, 0.717) is 17.6 Å². The van der Waals surface area contributed by atoms with Gasteiger partial charge in [-0.2, -0.15) is 13.2 Å². The average Bonchev–Trinajstić information content (AvgIpc) is 2.41. The monoisotopic (exact) mass is 314 g/mol. The molecule has 0 spiro atoms. The summed E-state index contributed by atoms with van der Waals surface area (Å²) in [5, 5.41) is 2.81. The Labute approximate surface area is 128 Å². The zero-order valence-electron chi connectivity index (χ0n) is 12.7. The fourth-order valence-corrected chi connectivity index (χ4v) is 2.80. The molecule has 0 aromatic heterocycles. The van der Waals surface area contributed by atoms with Crippen molar-refractivity contribution in [3.63, 3.8) is 0 Å². The number of carbonyl (C=O) groups excluding carboxylic acids is 1. The van der Waals surface area contributed by atoms with E-state index in [4.69, 9.17) is 5.73 Å². The fraction of sp³-hybridized carbons (Fsp3) is 0.562. The van der Waals surface area contributed by atoms with Crippen LogP contribution in [0.15, 0.2) is 35.5 Å². The van der Waals surface area contributed by atoms with Crippen LogP contribution in [0, 0.1) is 5.41 Å². The Hall–Kier alpha value is -1.56. The zero-order chi connectivity index (χ0) is 16.5. The van der Waals surface area contributed by atoms with Gasteiger partial charge in [-0.15, -0.1) is 0 Å². The molecule has 0 saturated carbocycles. The van der Waals surface area contributed by atoms with Crippen molar-refractivity contribution in [3.8, 4) is 0 Å². The molecule has 3 N–H and O–H groups in total. The van der Waals surface area contributed by atoms with Gasteiger partial charge in [-0.1, -0.05) is 29.9 Å². The maximum absolute atomic E-state index is 13.1. The second-order valence-electron chi connectivity index (χ2n) is 6.29. The minimum absolute atomic E-state index is 0.0292. The largest absolute Gasteiger partial charge is 0.397 e. The first kappa shape index (κ1) is 16.8. The van der Waals surface area contributed by atoms with Gasteiger partial charge in [-0.25, -0.2) is 0 Å². The third-order valence-electron chi connectivity index (χ3n) is 4.40. The molecule has 122 valence electrons. The highest BCUT2D eigenvalue weighted by Crippen LogP contribution is 2.46. The SMILES string of the molecule is CC1=C[C@@](C)(C(F)(F)F)CCC1NC(=O)C1=CCC(N)C=C1. The van der Waals surface area contributed by atoms with Crippen LogP contribution in [-0.4, -0.2) is 24.2 Å². The van der Waals surface area contributed by atoms with Crippen LogP contribution in [0.1, 0.15) is 33.1 Å². The van der Waals surface area contributed by atoms with Gasteiger partial charge in [0.15, 0.2) is 0 Å². The Morgan fingerprint density at radius 1 is 1.45 bits per heavy atom. The lowest BCUT2D eigenvalue weighted by molar-refractivity contribution is -0.204. The van der Waals surface area contributed by atoms with Crippen LogP contribution in [0.4, 0.5) is 13.2 Å². The number of hydrogen-bond donors (Lipinski definition) is 2. The normalized spacial score (nSPS) is 32.3. The minimum atomic E-state index is -4.27. The molecule has 6 heteroatoms. The third kappa shape index (κ3) is 3.43. The lowest BCUT2D eigenvalue weighted by Gasteiger charge is -2.36. The van der Waals surface area contributed by atoms with Crippen LogP contribution in [0.3, 0.4) is 0 Å². The van der Waals surface area contributed by atoms with Crippen molar-refractivity contribution < 1.29 is 18.0 Å². The lowest BCUT2D eigenvalue weighted by atomic mass is 9.75. The van der Waals surface area contributed by atoms with Crippen LogP contribution < -0.4 is 11.1 Å². The van der Waals surface area contributed by atoms with E-state index in [9.17, 15) is 18.0 Å². The maximum atomic E-state index is 13.1. The van der Waals surface area contributed by atoms with Gasteiger partial charge in [0, 0.05) is 11.6 Å². The number of halogens is 3. The Morgan fingerprint density at radius 2 is 2.14 bits per heavy atom. The van der Waals surface area contributed by atoms with Gasteiger partial charge < -0.3 is 11.1 Å². The van der Waals surface area contributed by atoms with Crippen LogP contribution in [0.25, 0.3) is 0 Å². The van der Waals surface area contributed by atoms with E-state index >= 15 is 0 Å². The number of rotatable bonds is 2. The first-order valence-corrected chi connectivity index (χ1v) is 7.33. The van der Waals surface area contributed by atoms with Gasteiger partial charge in [0.05, 0.1) is 11.5 Å². The molecular formula is C16H21F3N2O. The van der Waals surface area contributed by atoms with Crippen molar-refractivity contribution >= 4 is 5.91 Å². The van der Waals surface area contributed by atoms with Crippen molar-refractivity contribution in [1.29, 1.82) is 0 Å². The smallest absolute Gasteiger partial charge is 0.346 e. The van der Waals surface area contributed by atoms with Crippen molar-refractivity contribution in [3.05, 3.63) is 35.5 Å². The van der Waals surface area contributed by atoms with Crippen molar-refractivity contribution in [2.45, 2.75) is 51.4 Å². The summed E-state index contributed by atoms with van der Waals surface area (Å²) in [5.41, 5.74) is 4.95. The van der Waals surface area contributed by atoms with Gasteiger partial charge in [-0.3, -0.25) is 4.79 Å². The van der Waals surface area contributed by atoms with Crippen LogP contribution >= 0.6 is 0 Å². The summed E-state index contributed by atoms with van der Waals surface area (Å²) >= 11 is 0. The number of nitrogens with one attached hydrogen (secondary N) is 1. The Morgan fingerprint density at radius 3 is 2.64 bits per heavy atom. The molecule has 2 aliphatic carbocycles. The van der Waals surface area contributed by atoms with Crippen molar-refractivity contribution in [2.75, 3.05) is 0 Å². The van der Waals surface area contributed by atoms with Gasteiger partial charge in [0.25, 0.3) is 5.91 Å². The minimum Gasteiger partial charge on any atom is -0.346 e. The predicted octanol–water partition coefficient (Wildman–Crippen LogP) is 2.99. The summed E-state index contributed by atoms with van der Waals surface area (Å²) in [6.07, 6.45) is 2.96. The molecule has 3 nitrogen and oxygen atoms in total. The summed E-state index contributed by atoms with van der Waals surface area (Å²) in [5.74, 6) is -0.267. The first-order chi connectivity index (χ1) is 10.1. The highest BCUT2D eigenvalue weighted by Gasteiger charge is 2.51. The van der Waals surface area contributed by atoms with Crippen LogP contribution in [0.5, 0.6) is 0 Å². The summed E-state index contributed by atoms with van der Waals surface area (Å²) in [4.78, 5) is 12.2. The standard InChI is InChI=1S/C16H21F3N2O/c1-10-9-15(2,16(17,18)19)8-7-13(10)21-14(22)11-3-5-12(20)6-4-11/h3-5,9,12-13H,6-8,20H2,1-2H3,(H,21,22)/t12?,13?,15-/m0/s1. The molecular weight excluding hydrogens is 293 g/mol. The fourth-order valence-electron chi connectivity index (χ4n) is 2.80. The molecule has 0 aromatic rings. The molecule has 0 bridgehead atoms. The maximum Gasteiger partial charge on any atom is 0.397 e. The highest BCUT2D eigenvalue weighted by atomic mass is 19.4. The van der Waals surface area contributed by atoms with Crippen molar-refractivity contribution in [2.24, 2.45) is 11.1 Å². The Kier molecular flexibility index (Phi) is 4.52. The second-order valence-corrected chi connectivity index (χ2v) is 6.29. The number of allylic oxidation sites excluding steroid dienone is 1. The summed E-state index contributed by atoms with van der Waals surface area (Å²) in [6, 6.07) is -0.437. The summed E-state index contributed by atoms with van der Waals surface area (Å²) < 4.78 is 39.2. The molecule has 2 aliphatic rings. The molecule has 2 rings (SSSR count). The van der Waals surface area contributed by atoms with E-state index in [1.54, 1.807) is 25.2 Å². The molecule has 0 heterocycles. The van der Waals surface area contributed by atoms with Gasteiger partial charge >= 0.3 is 6.18 Å². The molecule has 0 radical (unpaired) electrons. The van der Waals surface area contributed by atoms with E-state index in [-0.39, 0.29) is 30.8 Å². The molecule has 1 amide bonds. The number of alkyl halides is 3.